The molecule has 0 atom stereocenters. The topological polar surface area (TPSA) is 82.1 Å². The third-order valence-corrected chi connectivity index (χ3v) is 4.23. The number of carbonyl (C=O) groups is 1. The van der Waals surface area contributed by atoms with Crippen LogP contribution in [0.3, 0.4) is 0 Å². The Kier molecular flexibility index (Phi) is 7.20. The largest absolute Gasteiger partial charge is 0.496 e. The molecule has 0 aromatic heterocycles. The quantitative estimate of drug-likeness (QED) is 0.608. The van der Waals surface area contributed by atoms with Gasteiger partial charge in [-0.25, -0.2) is 0 Å². The van der Waals surface area contributed by atoms with Gasteiger partial charge in [0, 0.05) is 20.2 Å². The maximum Gasteiger partial charge on any atom is 0.306 e. The van der Waals surface area contributed by atoms with Crippen LogP contribution in [0, 0.1) is 0 Å². The summed E-state index contributed by atoms with van der Waals surface area (Å²) in [4.78, 5) is 14.6. The molecule has 0 saturated carbocycles. The van der Waals surface area contributed by atoms with Crippen LogP contribution < -0.4 is 8.92 Å². The Labute approximate surface area is 159 Å². The SMILES string of the molecule is COCCN(Cc1ccc(OS(C)(=O)=O)cc1)C(=O)c1ccccc1OC. The molecule has 0 aliphatic heterocycles. The van der Waals surface area contributed by atoms with Crippen molar-refractivity contribution in [3.05, 3.63) is 59.7 Å². The predicted octanol–water partition coefficient (Wildman–Crippen LogP) is 2.32. The number of nitrogens with zero attached hydrogens (tertiary/aromatic N) is 1. The number of hydrogen-bond donors (Lipinski definition) is 0. The van der Waals surface area contributed by atoms with Crippen LogP contribution in [0.2, 0.25) is 0 Å². The summed E-state index contributed by atoms with van der Waals surface area (Å²) in [5.41, 5.74) is 1.29. The third kappa shape index (κ3) is 6.26. The van der Waals surface area contributed by atoms with Crippen LogP contribution in [-0.4, -0.2) is 52.9 Å². The molecule has 0 heterocycles. The molecule has 0 radical (unpaired) electrons. The number of hydrogen-bond acceptors (Lipinski definition) is 6. The van der Waals surface area contributed by atoms with Gasteiger partial charge in [0.05, 0.1) is 25.5 Å². The highest BCUT2D eigenvalue weighted by Crippen LogP contribution is 2.21. The van der Waals surface area contributed by atoms with Crippen molar-refractivity contribution in [3.8, 4) is 11.5 Å². The predicted molar refractivity (Wildman–Crippen MR) is 102 cm³/mol. The molecule has 8 heteroatoms. The van der Waals surface area contributed by atoms with Crippen LogP contribution in [-0.2, 0) is 21.4 Å². The molecule has 0 N–H and O–H groups in total. The van der Waals surface area contributed by atoms with Crippen molar-refractivity contribution in [2.24, 2.45) is 0 Å². The molecule has 0 spiro atoms. The summed E-state index contributed by atoms with van der Waals surface area (Å²) in [5.74, 6) is 0.545. The highest BCUT2D eigenvalue weighted by molar-refractivity contribution is 7.86. The lowest BCUT2D eigenvalue weighted by atomic mass is 10.1. The Morgan fingerprint density at radius 1 is 1.04 bits per heavy atom. The van der Waals surface area contributed by atoms with E-state index >= 15 is 0 Å². The van der Waals surface area contributed by atoms with E-state index in [1.165, 1.54) is 7.11 Å². The molecular formula is C19H23NO6S. The average Bonchev–Trinajstić information content (AvgIpc) is 2.64. The van der Waals surface area contributed by atoms with Gasteiger partial charge in [-0.1, -0.05) is 24.3 Å². The molecule has 1 amide bonds. The molecule has 0 fully saturated rings. The minimum Gasteiger partial charge on any atom is -0.496 e. The summed E-state index contributed by atoms with van der Waals surface area (Å²) in [6, 6.07) is 13.6. The molecule has 7 nitrogen and oxygen atoms in total. The molecule has 2 rings (SSSR count). The van der Waals surface area contributed by atoms with Gasteiger partial charge in [0.25, 0.3) is 5.91 Å². The van der Waals surface area contributed by atoms with Crippen LogP contribution in [0.25, 0.3) is 0 Å². The Bertz CT molecular complexity index is 864. The van der Waals surface area contributed by atoms with Crippen molar-refractivity contribution in [1.29, 1.82) is 0 Å². The molecule has 27 heavy (non-hydrogen) atoms. The van der Waals surface area contributed by atoms with E-state index in [9.17, 15) is 13.2 Å². The lowest BCUT2D eigenvalue weighted by Crippen LogP contribution is -2.33. The maximum absolute atomic E-state index is 13.0. The van der Waals surface area contributed by atoms with Crippen LogP contribution in [0.4, 0.5) is 0 Å². The van der Waals surface area contributed by atoms with Gasteiger partial charge in [-0.05, 0) is 29.8 Å². The third-order valence-electron chi connectivity index (χ3n) is 3.73. The second kappa shape index (κ2) is 9.38. The highest BCUT2D eigenvalue weighted by Gasteiger charge is 2.19. The second-order valence-electron chi connectivity index (χ2n) is 5.85. The number of para-hydroxylation sites is 1. The lowest BCUT2D eigenvalue weighted by Gasteiger charge is -2.23. The van der Waals surface area contributed by atoms with Crippen LogP contribution in [0.1, 0.15) is 15.9 Å². The fourth-order valence-corrected chi connectivity index (χ4v) is 2.95. The molecular weight excluding hydrogens is 370 g/mol. The number of methoxy groups -OCH3 is 2. The molecule has 0 saturated heterocycles. The first-order valence-electron chi connectivity index (χ1n) is 8.23. The molecule has 2 aromatic rings. The van der Waals surface area contributed by atoms with E-state index in [1.54, 1.807) is 60.5 Å². The van der Waals surface area contributed by atoms with Gasteiger partial charge >= 0.3 is 10.1 Å². The zero-order valence-corrected chi connectivity index (χ0v) is 16.4. The van der Waals surface area contributed by atoms with Gasteiger partial charge in [-0.3, -0.25) is 4.79 Å². The van der Waals surface area contributed by atoms with Gasteiger partial charge in [0.2, 0.25) is 0 Å². The van der Waals surface area contributed by atoms with Crippen molar-refractivity contribution in [2.75, 3.05) is 33.6 Å². The van der Waals surface area contributed by atoms with Gasteiger partial charge < -0.3 is 18.6 Å². The summed E-state index contributed by atoms with van der Waals surface area (Å²) < 4.78 is 37.6. The Morgan fingerprint density at radius 3 is 2.30 bits per heavy atom. The van der Waals surface area contributed by atoms with Crippen LogP contribution in [0.5, 0.6) is 11.5 Å². The molecule has 0 aliphatic rings. The first-order valence-corrected chi connectivity index (χ1v) is 10.1. The van der Waals surface area contributed by atoms with Gasteiger partial charge in [-0.2, -0.15) is 8.42 Å². The molecule has 146 valence electrons. The van der Waals surface area contributed by atoms with E-state index < -0.39 is 10.1 Å². The normalized spacial score (nSPS) is 11.1. The first-order chi connectivity index (χ1) is 12.8. The van der Waals surface area contributed by atoms with Crippen molar-refractivity contribution in [1.82, 2.24) is 4.90 Å². The van der Waals surface area contributed by atoms with E-state index in [0.29, 0.717) is 31.0 Å². The Balaban J connectivity index is 2.20. The summed E-state index contributed by atoms with van der Waals surface area (Å²) in [6.07, 6.45) is 0.985. The maximum atomic E-state index is 13.0. The van der Waals surface area contributed by atoms with E-state index in [4.69, 9.17) is 13.7 Å². The van der Waals surface area contributed by atoms with Gasteiger partial charge in [-0.15, -0.1) is 0 Å². The van der Waals surface area contributed by atoms with Crippen molar-refractivity contribution < 1.29 is 26.9 Å². The average molecular weight is 393 g/mol. The zero-order chi connectivity index (χ0) is 19.9. The number of benzene rings is 2. The lowest BCUT2D eigenvalue weighted by molar-refractivity contribution is 0.0677. The fourth-order valence-electron chi connectivity index (χ4n) is 2.49. The minimum atomic E-state index is -3.58. The summed E-state index contributed by atoms with van der Waals surface area (Å²) in [7, 11) is -0.485. The Hall–Kier alpha value is -2.58. The van der Waals surface area contributed by atoms with E-state index in [0.717, 1.165) is 11.8 Å². The first kappa shape index (κ1) is 20.7. The van der Waals surface area contributed by atoms with E-state index in [2.05, 4.69) is 0 Å². The second-order valence-corrected chi connectivity index (χ2v) is 7.43. The van der Waals surface area contributed by atoms with Crippen LogP contribution >= 0.6 is 0 Å². The summed E-state index contributed by atoms with van der Waals surface area (Å²) in [6.45, 7) is 1.12. The molecule has 0 bridgehead atoms. The number of ether oxygens (including phenoxy) is 2. The smallest absolute Gasteiger partial charge is 0.306 e. The molecule has 0 aliphatic carbocycles. The number of rotatable bonds is 9. The van der Waals surface area contributed by atoms with E-state index in [-0.39, 0.29) is 11.7 Å². The van der Waals surface area contributed by atoms with Gasteiger partial charge in [0.15, 0.2) is 0 Å². The van der Waals surface area contributed by atoms with Crippen LogP contribution in [0.15, 0.2) is 48.5 Å². The molecule has 2 aromatic carbocycles. The van der Waals surface area contributed by atoms with Crippen molar-refractivity contribution >= 4 is 16.0 Å². The van der Waals surface area contributed by atoms with Crippen molar-refractivity contribution in [3.63, 3.8) is 0 Å². The van der Waals surface area contributed by atoms with Gasteiger partial charge in [0.1, 0.15) is 11.5 Å². The monoisotopic (exact) mass is 393 g/mol. The minimum absolute atomic E-state index is 0.180. The van der Waals surface area contributed by atoms with E-state index in [1.807, 2.05) is 0 Å². The van der Waals surface area contributed by atoms with Crippen molar-refractivity contribution in [2.45, 2.75) is 6.54 Å². The standard InChI is InChI=1S/C19H23NO6S/c1-24-13-12-20(19(21)17-6-4-5-7-18(17)25-2)14-15-8-10-16(11-9-15)26-27(3,22)23/h4-11H,12-14H2,1-3H3. The Morgan fingerprint density at radius 2 is 1.70 bits per heavy atom. The highest BCUT2D eigenvalue weighted by atomic mass is 32.2. The summed E-state index contributed by atoms with van der Waals surface area (Å²) >= 11 is 0. The number of carbonyl (C=O) groups excluding carboxylic acids is 1. The zero-order valence-electron chi connectivity index (χ0n) is 15.5. The molecule has 0 unspecified atom stereocenters. The summed E-state index contributed by atoms with van der Waals surface area (Å²) in [5, 5.41) is 0. The fraction of sp³-hybridized carbons (Fsp3) is 0.316. The number of amides is 1.